The van der Waals surface area contributed by atoms with Gasteiger partial charge in [-0.2, -0.15) is 0 Å². The molecule has 1 rings (SSSR count). The van der Waals surface area contributed by atoms with Crippen LogP contribution in [0.5, 0.6) is 0 Å². The molecule has 0 fully saturated rings. The van der Waals surface area contributed by atoms with E-state index in [0.29, 0.717) is 6.42 Å². The van der Waals surface area contributed by atoms with E-state index >= 15 is 0 Å². The molecule has 106 valence electrons. The van der Waals surface area contributed by atoms with Crippen molar-refractivity contribution in [2.75, 3.05) is 5.75 Å². The normalized spacial score (nSPS) is 11.8. The molecule has 0 saturated heterocycles. The Balaban J connectivity index is 3.31. The lowest BCUT2D eigenvalue weighted by Gasteiger charge is -2.12. The molecule has 0 spiro atoms. The van der Waals surface area contributed by atoms with E-state index in [1.807, 2.05) is 13.8 Å². The molecule has 6 heteroatoms. The number of carbonyl (C=O) groups is 1. The second kappa shape index (κ2) is 5.92. The fourth-order valence-corrected chi connectivity index (χ4v) is 3.87. The van der Waals surface area contributed by atoms with Crippen molar-refractivity contribution >= 4 is 27.4 Å². The van der Waals surface area contributed by atoms with Gasteiger partial charge in [-0.1, -0.05) is 25.4 Å². The molecule has 1 N–H and O–H groups in total. The molecule has 0 radical (unpaired) electrons. The first-order chi connectivity index (χ1) is 8.65. The highest BCUT2D eigenvalue weighted by Gasteiger charge is 2.22. The van der Waals surface area contributed by atoms with Crippen LogP contribution in [0.1, 0.15) is 36.2 Å². The standard InChI is InChI=1S/C13H17ClO4S/c1-8(2)4-5-19(17,18)12-7-10(14)6-11(9(12)3)13(15)16/h6-8H,4-5H2,1-3H3,(H,15,16). The van der Waals surface area contributed by atoms with Crippen molar-refractivity contribution in [3.05, 3.63) is 28.3 Å². The molecule has 0 aromatic heterocycles. The highest BCUT2D eigenvalue weighted by atomic mass is 35.5. The fraction of sp³-hybridized carbons (Fsp3) is 0.462. The number of rotatable bonds is 5. The van der Waals surface area contributed by atoms with Crippen LogP contribution < -0.4 is 0 Å². The summed E-state index contributed by atoms with van der Waals surface area (Å²) in [7, 11) is -3.51. The first kappa shape index (κ1) is 16.0. The quantitative estimate of drug-likeness (QED) is 0.907. The first-order valence-corrected chi connectivity index (χ1v) is 7.94. The van der Waals surface area contributed by atoms with Gasteiger partial charge in [0.2, 0.25) is 0 Å². The zero-order valence-electron chi connectivity index (χ0n) is 11.1. The Morgan fingerprint density at radius 2 is 1.95 bits per heavy atom. The van der Waals surface area contributed by atoms with Crippen molar-refractivity contribution in [2.45, 2.75) is 32.1 Å². The van der Waals surface area contributed by atoms with Crippen molar-refractivity contribution in [3.8, 4) is 0 Å². The van der Waals surface area contributed by atoms with Crippen molar-refractivity contribution in [3.63, 3.8) is 0 Å². The van der Waals surface area contributed by atoms with Crippen LogP contribution >= 0.6 is 11.6 Å². The lowest BCUT2D eigenvalue weighted by atomic mass is 10.1. The molecule has 0 amide bonds. The maximum absolute atomic E-state index is 12.2. The summed E-state index contributed by atoms with van der Waals surface area (Å²) in [5.41, 5.74) is 0.163. The van der Waals surface area contributed by atoms with Gasteiger partial charge in [-0.15, -0.1) is 0 Å². The van der Waals surface area contributed by atoms with Crippen molar-refractivity contribution < 1.29 is 18.3 Å². The van der Waals surface area contributed by atoms with Gasteiger partial charge in [0.25, 0.3) is 0 Å². The van der Waals surface area contributed by atoms with Crippen LogP contribution in [-0.2, 0) is 9.84 Å². The van der Waals surface area contributed by atoms with E-state index in [2.05, 4.69) is 0 Å². The van der Waals surface area contributed by atoms with Crippen LogP contribution in [0.2, 0.25) is 5.02 Å². The van der Waals surface area contributed by atoms with Crippen LogP contribution in [0.4, 0.5) is 0 Å². The van der Waals surface area contributed by atoms with E-state index in [0.717, 1.165) is 0 Å². The second-order valence-corrected chi connectivity index (χ2v) is 7.40. The maximum Gasteiger partial charge on any atom is 0.336 e. The third-order valence-electron chi connectivity index (χ3n) is 2.85. The Labute approximate surface area is 118 Å². The monoisotopic (exact) mass is 304 g/mol. The van der Waals surface area contributed by atoms with E-state index in [1.54, 1.807) is 0 Å². The summed E-state index contributed by atoms with van der Waals surface area (Å²) in [6.07, 6.45) is 0.524. The second-order valence-electron chi connectivity index (χ2n) is 4.88. The molecular weight excluding hydrogens is 288 g/mol. The Hall–Kier alpha value is -1.07. The average molecular weight is 305 g/mol. The Morgan fingerprint density at radius 1 is 1.37 bits per heavy atom. The number of aromatic carboxylic acids is 1. The van der Waals surface area contributed by atoms with Gasteiger partial charge < -0.3 is 5.11 Å². The van der Waals surface area contributed by atoms with Crippen molar-refractivity contribution in [1.29, 1.82) is 0 Å². The van der Waals surface area contributed by atoms with Gasteiger partial charge in [0.1, 0.15) is 0 Å². The molecule has 0 saturated carbocycles. The summed E-state index contributed by atoms with van der Waals surface area (Å²) >= 11 is 5.81. The van der Waals surface area contributed by atoms with Gasteiger partial charge in [0.05, 0.1) is 16.2 Å². The third-order valence-corrected chi connectivity index (χ3v) is 4.94. The number of benzene rings is 1. The number of hydrogen-bond donors (Lipinski definition) is 1. The van der Waals surface area contributed by atoms with Crippen LogP contribution in [0.3, 0.4) is 0 Å². The Morgan fingerprint density at radius 3 is 2.42 bits per heavy atom. The van der Waals surface area contributed by atoms with Gasteiger partial charge in [0.15, 0.2) is 9.84 Å². The molecule has 19 heavy (non-hydrogen) atoms. The Bertz CT molecular complexity index is 591. The number of carboxylic acid groups (broad SMARTS) is 1. The molecule has 4 nitrogen and oxygen atoms in total. The van der Waals surface area contributed by atoms with E-state index in [4.69, 9.17) is 16.7 Å². The van der Waals surface area contributed by atoms with Crippen LogP contribution in [-0.4, -0.2) is 25.2 Å². The van der Waals surface area contributed by atoms with E-state index in [9.17, 15) is 13.2 Å². The zero-order valence-corrected chi connectivity index (χ0v) is 12.7. The number of halogens is 1. The molecule has 0 aliphatic carbocycles. The minimum absolute atomic E-state index is 0.00902. The third kappa shape index (κ3) is 3.94. The molecule has 0 bridgehead atoms. The van der Waals surface area contributed by atoms with E-state index in [-0.39, 0.29) is 32.7 Å². The maximum atomic E-state index is 12.2. The van der Waals surface area contributed by atoms with E-state index < -0.39 is 15.8 Å². The summed E-state index contributed by atoms with van der Waals surface area (Å²) in [5.74, 6) is -0.932. The average Bonchev–Trinajstić information content (AvgIpc) is 2.28. The van der Waals surface area contributed by atoms with Gasteiger partial charge >= 0.3 is 5.97 Å². The minimum atomic E-state index is -3.51. The van der Waals surface area contributed by atoms with Crippen LogP contribution in [0.25, 0.3) is 0 Å². The molecule has 1 aromatic carbocycles. The van der Waals surface area contributed by atoms with Gasteiger partial charge in [-0.05, 0) is 37.0 Å². The molecular formula is C13H17ClO4S. The Kier molecular flexibility index (Phi) is 4.98. The van der Waals surface area contributed by atoms with E-state index in [1.165, 1.54) is 19.1 Å². The highest BCUT2D eigenvalue weighted by Crippen LogP contribution is 2.26. The smallest absolute Gasteiger partial charge is 0.336 e. The summed E-state index contributed by atoms with van der Waals surface area (Å²) < 4.78 is 24.5. The van der Waals surface area contributed by atoms with Crippen molar-refractivity contribution in [2.24, 2.45) is 5.92 Å². The number of hydrogen-bond acceptors (Lipinski definition) is 3. The zero-order chi connectivity index (χ0) is 14.8. The lowest BCUT2D eigenvalue weighted by Crippen LogP contribution is -2.13. The summed E-state index contributed by atoms with van der Waals surface area (Å²) in [6.45, 7) is 5.36. The topological polar surface area (TPSA) is 71.4 Å². The predicted molar refractivity (Wildman–Crippen MR) is 74.7 cm³/mol. The molecule has 0 aliphatic heterocycles. The SMILES string of the molecule is Cc1c(C(=O)O)cc(Cl)cc1S(=O)(=O)CCC(C)C. The largest absolute Gasteiger partial charge is 0.478 e. The number of carboxylic acids is 1. The summed E-state index contributed by atoms with van der Waals surface area (Å²) in [5, 5.41) is 9.16. The van der Waals surface area contributed by atoms with Gasteiger partial charge in [-0.25, -0.2) is 13.2 Å². The van der Waals surface area contributed by atoms with Gasteiger partial charge in [0, 0.05) is 5.02 Å². The molecule has 0 unspecified atom stereocenters. The summed E-state index contributed by atoms with van der Waals surface area (Å²) in [4.78, 5) is 11.1. The predicted octanol–water partition coefficient (Wildman–Crippen LogP) is 3.17. The van der Waals surface area contributed by atoms with Gasteiger partial charge in [-0.3, -0.25) is 0 Å². The van der Waals surface area contributed by atoms with Crippen LogP contribution in [0.15, 0.2) is 17.0 Å². The molecule has 0 heterocycles. The molecule has 1 aromatic rings. The number of sulfone groups is 1. The fourth-order valence-electron chi connectivity index (χ4n) is 1.70. The van der Waals surface area contributed by atoms with Crippen molar-refractivity contribution in [1.82, 2.24) is 0 Å². The molecule has 0 atom stereocenters. The first-order valence-electron chi connectivity index (χ1n) is 5.91. The summed E-state index contributed by atoms with van der Waals surface area (Å²) in [6, 6.07) is 2.58. The minimum Gasteiger partial charge on any atom is -0.478 e. The molecule has 0 aliphatic rings. The lowest BCUT2D eigenvalue weighted by molar-refractivity contribution is 0.0696. The highest BCUT2D eigenvalue weighted by molar-refractivity contribution is 7.91. The van der Waals surface area contributed by atoms with Crippen LogP contribution in [0, 0.1) is 12.8 Å².